The molecule has 1 aliphatic rings. The molecule has 0 saturated carbocycles. The van der Waals surface area contributed by atoms with Gasteiger partial charge in [0, 0.05) is 24.5 Å². The SMILES string of the molecule is COc1ccc(/C(O)=C2\C(=O)C(=O)N(Cc3cccnc3)C2c2ccc(F)cc2)c(C)c1. The number of ether oxygens (including phenoxy) is 1. The molecule has 4 rings (SSSR count). The lowest BCUT2D eigenvalue weighted by Crippen LogP contribution is -2.29. The van der Waals surface area contributed by atoms with Crippen molar-refractivity contribution in [2.45, 2.75) is 19.5 Å². The fraction of sp³-hybridized carbons (Fsp3) is 0.160. The average Bonchev–Trinajstić information content (AvgIpc) is 3.04. The summed E-state index contributed by atoms with van der Waals surface area (Å²) in [6, 6.07) is 13.2. The summed E-state index contributed by atoms with van der Waals surface area (Å²) in [4.78, 5) is 31.5. The lowest BCUT2D eigenvalue weighted by molar-refractivity contribution is -0.140. The minimum atomic E-state index is -0.877. The highest BCUT2D eigenvalue weighted by molar-refractivity contribution is 6.46. The van der Waals surface area contributed by atoms with Gasteiger partial charge in [0.2, 0.25) is 0 Å². The van der Waals surface area contributed by atoms with E-state index in [0.717, 1.165) is 5.56 Å². The Kier molecular flexibility index (Phi) is 5.73. The third-order valence-electron chi connectivity index (χ3n) is 5.49. The molecule has 1 atom stereocenters. The Labute approximate surface area is 184 Å². The lowest BCUT2D eigenvalue weighted by Gasteiger charge is -2.25. The van der Waals surface area contributed by atoms with Crippen LogP contribution in [0.2, 0.25) is 0 Å². The molecular formula is C25H21FN2O4. The number of nitrogens with zero attached hydrogens (tertiary/aromatic N) is 2. The van der Waals surface area contributed by atoms with Crippen LogP contribution in [0.5, 0.6) is 5.75 Å². The summed E-state index contributed by atoms with van der Waals surface area (Å²) in [6.45, 7) is 1.88. The number of aliphatic hydroxyl groups excluding tert-OH is 1. The maximum atomic E-state index is 13.6. The smallest absolute Gasteiger partial charge is 0.295 e. The van der Waals surface area contributed by atoms with Crippen LogP contribution in [-0.2, 0) is 16.1 Å². The summed E-state index contributed by atoms with van der Waals surface area (Å²) in [5, 5.41) is 11.2. The maximum Gasteiger partial charge on any atom is 0.295 e. The summed E-state index contributed by atoms with van der Waals surface area (Å²) < 4.78 is 18.8. The number of aromatic nitrogens is 1. The molecule has 1 amide bonds. The molecule has 0 aliphatic carbocycles. The van der Waals surface area contributed by atoms with E-state index in [-0.39, 0.29) is 17.9 Å². The molecule has 3 aromatic rings. The number of benzene rings is 2. The Morgan fingerprint density at radius 2 is 1.91 bits per heavy atom. The van der Waals surface area contributed by atoms with E-state index in [1.165, 1.54) is 36.3 Å². The van der Waals surface area contributed by atoms with Crippen LogP contribution in [-0.4, -0.2) is 33.8 Å². The van der Waals surface area contributed by atoms with Crippen LogP contribution in [0.1, 0.15) is 28.3 Å². The Morgan fingerprint density at radius 3 is 2.53 bits per heavy atom. The van der Waals surface area contributed by atoms with E-state index < -0.39 is 23.5 Å². The van der Waals surface area contributed by atoms with Crippen molar-refractivity contribution in [2.75, 3.05) is 7.11 Å². The second-order valence-electron chi connectivity index (χ2n) is 7.52. The molecule has 162 valence electrons. The van der Waals surface area contributed by atoms with Crippen molar-refractivity contribution in [1.29, 1.82) is 0 Å². The second-order valence-corrected chi connectivity index (χ2v) is 7.52. The fourth-order valence-corrected chi connectivity index (χ4v) is 3.90. The number of methoxy groups -OCH3 is 1. The van der Waals surface area contributed by atoms with Gasteiger partial charge in [0.15, 0.2) is 0 Å². The molecular weight excluding hydrogens is 411 g/mol. The van der Waals surface area contributed by atoms with Gasteiger partial charge in [-0.2, -0.15) is 0 Å². The van der Waals surface area contributed by atoms with Crippen molar-refractivity contribution in [3.8, 4) is 5.75 Å². The molecule has 0 radical (unpaired) electrons. The number of carbonyl (C=O) groups excluding carboxylic acids is 2. The second kappa shape index (κ2) is 8.63. The van der Waals surface area contributed by atoms with Gasteiger partial charge in [-0.05, 0) is 60.0 Å². The van der Waals surface area contributed by atoms with Gasteiger partial charge in [0.25, 0.3) is 11.7 Å². The van der Waals surface area contributed by atoms with Gasteiger partial charge in [-0.15, -0.1) is 0 Å². The summed E-state index contributed by atoms with van der Waals surface area (Å²) >= 11 is 0. The zero-order chi connectivity index (χ0) is 22.8. The zero-order valence-corrected chi connectivity index (χ0v) is 17.6. The molecule has 0 spiro atoms. The quantitative estimate of drug-likeness (QED) is 0.372. The third-order valence-corrected chi connectivity index (χ3v) is 5.49. The number of hydrogen-bond acceptors (Lipinski definition) is 5. The highest BCUT2D eigenvalue weighted by atomic mass is 19.1. The van der Waals surface area contributed by atoms with Crippen molar-refractivity contribution in [3.63, 3.8) is 0 Å². The first kappa shape index (κ1) is 21.2. The number of aliphatic hydroxyl groups is 1. The van der Waals surface area contributed by atoms with Crippen molar-refractivity contribution in [1.82, 2.24) is 9.88 Å². The summed E-state index contributed by atoms with van der Waals surface area (Å²) in [5.74, 6) is -1.66. The van der Waals surface area contributed by atoms with E-state index in [2.05, 4.69) is 4.98 Å². The van der Waals surface area contributed by atoms with Gasteiger partial charge in [0.1, 0.15) is 17.3 Å². The van der Waals surface area contributed by atoms with Crippen molar-refractivity contribution >= 4 is 17.4 Å². The van der Waals surface area contributed by atoms with Crippen LogP contribution < -0.4 is 4.74 Å². The normalized spacial score (nSPS) is 17.6. The van der Waals surface area contributed by atoms with Gasteiger partial charge >= 0.3 is 0 Å². The van der Waals surface area contributed by atoms with Crippen molar-refractivity contribution in [3.05, 3.63) is 101 Å². The van der Waals surface area contributed by atoms with E-state index in [1.807, 2.05) is 0 Å². The van der Waals surface area contributed by atoms with Gasteiger partial charge in [0.05, 0.1) is 18.7 Å². The average molecular weight is 432 g/mol. The number of aryl methyl sites for hydroxylation is 1. The molecule has 2 aromatic carbocycles. The standard InChI is InChI=1S/C25H21FN2O4/c1-15-12-19(32-2)9-10-20(15)23(29)21-22(17-5-7-18(26)8-6-17)28(25(31)24(21)30)14-16-4-3-11-27-13-16/h3-13,22,29H,14H2,1-2H3/b23-21+. The van der Waals surface area contributed by atoms with Gasteiger partial charge in [-0.25, -0.2) is 4.39 Å². The lowest BCUT2D eigenvalue weighted by atomic mass is 9.93. The van der Waals surface area contributed by atoms with Crippen molar-refractivity contribution in [2.24, 2.45) is 0 Å². The van der Waals surface area contributed by atoms with Crippen LogP contribution in [0.4, 0.5) is 4.39 Å². The Balaban J connectivity index is 1.87. The largest absolute Gasteiger partial charge is 0.507 e. The number of rotatable bonds is 5. The highest BCUT2D eigenvalue weighted by Gasteiger charge is 2.46. The summed E-state index contributed by atoms with van der Waals surface area (Å²) in [5.41, 5.74) is 2.29. The van der Waals surface area contributed by atoms with Gasteiger partial charge < -0.3 is 14.7 Å². The monoisotopic (exact) mass is 432 g/mol. The van der Waals surface area contributed by atoms with Crippen molar-refractivity contribution < 1.29 is 23.8 Å². The zero-order valence-electron chi connectivity index (χ0n) is 17.6. The van der Waals surface area contributed by atoms with Gasteiger partial charge in [-0.1, -0.05) is 18.2 Å². The number of halogens is 1. The fourth-order valence-electron chi connectivity index (χ4n) is 3.90. The van der Waals surface area contributed by atoms with E-state index in [9.17, 15) is 19.1 Å². The predicted molar refractivity (Wildman–Crippen MR) is 116 cm³/mol. The number of ketones is 1. The molecule has 6 nitrogen and oxygen atoms in total. The Morgan fingerprint density at radius 1 is 1.16 bits per heavy atom. The van der Waals surface area contributed by atoms with E-state index in [1.54, 1.807) is 49.6 Å². The molecule has 32 heavy (non-hydrogen) atoms. The maximum absolute atomic E-state index is 13.6. The summed E-state index contributed by atoms with van der Waals surface area (Å²) in [7, 11) is 1.53. The van der Waals surface area contributed by atoms with Crippen LogP contribution in [0.3, 0.4) is 0 Å². The molecule has 2 heterocycles. The van der Waals surface area contributed by atoms with Crippen LogP contribution in [0.25, 0.3) is 5.76 Å². The highest BCUT2D eigenvalue weighted by Crippen LogP contribution is 2.41. The van der Waals surface area contributed by atoms with Crippen LogP contribution in [0, 0.1) is 12.7 Å². The molecule has 1 saturated heterocycles. The molecule has 1 fully saturated rings. The first-order valence-corrected chi connectivity index (χ1v) is 9.98. The topological polar surface area (TPSA) is 79.7 Å². The van der Waals surface area contributed by atoms with Crippen LogP contribution >= 0.6 is 0 Å². The molecule has 1 aromatic heterocycles. The molecule has 0 bridgehead atoms. The van der Waals surface area contributed by atoms with E-state index in [4.69, 9.17) is 4.74 Å². The molecule has 1 aliphatic heterocycles. The Hall–Kier alpha value is -4.00. The summed E-state index contributed by atoms with van der Waals surface area (Å²) in [6.07, 6.45) is 3.22. The van der Waals surface area contributed by atoms with E-state index >= 15 is 0 Å². The number of pyridine rings is 1. The predicted octanol–water partition coefficient (Wildman–Crippen LogP) is 4.16. The third kappa shape index (κ3) is 3.85. The Bertz CT molecular complexity index is 1210. The number of likely N-dealkylation sites (tertiary alicyclic amines) is 1. The first-order chi connectivity index (χ1) is 15.4. The molecule has 7 heteroatoms. The number of carbonyl (C=O) groups is 2. The van der Waals surface area contributed by atoms with Gasteiger partial charge in [-0.3, -0.25) is 14.6 Å². The number of amides is 1. The number of Topliss-reactive ketones (excluding diaryl/α,β-unsaturated/α-hetero) is 1. The minimum absolute atomic E-state index is 0.0428. The minimum Gasteiger partial charge on any atom is -0.507 e. The first-order valence-electron chi connectivity index (χ1n) is 9.98. The molecule has 1 N–H and O–H groups in total. The van der Waals surface area contributed by atoms with Crippen LogP contribution in [0.15, 0.2) is 72.6 Å². The molecule has 1 unspecified atom stereocenters. The van der Waals surface area contributed by atoms with E-state index in [0.29, 0.717) is 22.4 Å². The number of hydrogen-bond donors (Lipinski definition) is 1.